The molecular formula is C23H27N3O4S. The molecule has 4 rings (SSSR count). The maximum Gasteiger partial charge on any atom is 0.247 e. The Morgan fingerprint density at radius 3 is 2.42 bits per heavy atom. The molecule has 0 spiro atoms. The molecule has 2 heterocycles. The Hall–Kier alpha value is -2.71. The largest absolute Gasteiger partial charge is 0.324 e. The quantitative estimate of drug-likeness (QED) is 0.784. The molecule has 1 fully saturated rings. The molecule has 0 aliphatic carbocycles. The number of carbonyl (C=O) groups excluding carboxylic acids is 2. The van der Waals surface area contributed by atoms with Crippen LogP contribution < -0.4 is 10.2 Å². The fourth-order valence-electron chi connectivity index (χ4n) is 4.14. The van der Waals surface area contributed by atoms with E-state index in [9.17, 15) is 18.0 Å². The van der Waals surface area contributed by atoms with E-state index in [-0.39, 0.29) is 29.9 Å². The van der Waals surface area contributed by atoms with Gasteiger partial charge < -0.3 is 5.32 Å². The highest BCUT2D eigenvalue weighted by Crippen LogP contribution is 2.31. The lowest BCUT2D eigenvalue weighted by atomic mass is 9.94. The lowest BCUT2D eigenvalue weighted by molar-refractivity contribution is -0.124. The predicted molar refractivity (Wildman–Crippen MR) is 121 cm³/mol. The van der Waals surface area contributed by atoms with Crippen molar-refractivity contribution in [2.45, 2.75) is 25.8 Å². The molecule has 0 saturated carbocycles. The first kappa shape index (κ1) is 21.5. The van der Waals surface area contributed by atoms with E-state index in [1.165, 1.54) is 0 Å². The van der Waals surface area contributed by atoms with Crippen LogP contribution >= 0.6 is 0 Å². The molecule has 31 heavy (non-hydrogen) atoms. The summed E-state index contributed by atoms with van der Waals surface area (Å²) in [6, 6.07) is 14.6. The molecule has 2 aromatic carbocycles. The maximum atomic E-state index is 13.4. The molecule has 8 heteroatoms. The zero-order valence-electron chi connectivity index (χ0n) is 17.6. The van der Waals surface area contributed by atoms with Crippen molar-refractivity contribution in [3.63, 3.8) is 0 Å². The van der Waals surface area contributed by atoms with Gasteiger partial charge in [-0.1, -0.05) is 35.9 Å². The van der Waals surface area contributed by atoms with Gasteiger partial charge in [0.25, 0.3) is 0 Å². The molecule has 2 amide bonds. The SMILES string of the molecule is Cc1ccc(NC(=O)C2CCc3ccccc3N2C(=O)CN2CCS(=O)(=O)CC2)cc1. The van der Waals surface area contributed by atoms with Crippen LogP contribution in [0, 0.1) is 6.92 Å². The molecule has 1 saturated heterocycles. The average molecular weight is 442 g/mol. The van der Waals surface area contributed by atoms with Crippen LogP contribution in [-0.4, -0.2) is 62.3 Å². The number of amides is 2. The number of carbonyl (C=O) groups is 2. The van der Waals surface area contributed by atoms with Gasteiger partial charge in [-0.25, -0.2) is 8.42 Å². The van der Waals surface area contributed by atoms with Gasteiger partial charge in [-0.3, -0.25) is 19.4 Å². The summed E-state index contributed by atoms with van der Waals surface area (Å²) >= 11 is 0. The standard InChI is InChI=1S/C23H27N3O4S/c1-17-6-9-19(10-7-17)24-23(28)21-11-8-18-4-2-3-5-20(18)26(21)22(27)16-25-12-14-31(29,30)15-13-25/h2-7,9-10,21H,8,11-16H2,1H3,(H,24,28). The number of hydrogen-bond donors (Lipinski definition) is 1. The highest BCUT2D eigenvalue weighted by molar-refractivity contribution is 7.91. The summed E-state index contributed by atoms with van der Waals surface area (Å²) in [7, 11) is -3.02. The van der Waals surface area contributed by atoms with E-state index < -0.39 is 15.9 Å². The minimum atomic E-state index is -3.02. The molecule has 0 radical (unpaired) electrons. The number of sulfone groups is 1. The molecule has 164 valence electrons. The van der Waals surface area contributed by atoms with Crippen molar-refractivity contribution in [3.8, 4) is 0 Å². The molecule has 0 bridgehead atoms. The van der Waals surface area contributed by atoms with Gasteiger partial charge in [0.05, 0.1) is 18.1 Å². The fourth-order valence-corrected chi connectivity index (χ4v) is 5.42. The van der Waals surface area contributed by atoms with Gasteiger partial charge in [0.2, 0.25) is 11.8 Å². The highest BCUT2D eigenvalue weighted by atomic mass is 32.2. The number of nitrogens with zero attached hydrogens (tertiary/aromatic N) is 2. The second kappa shape index (κ2) is 8.80. The zero-order chi connectivity index (χ0) is 22.0. The van der Waals surface area contributed by atoms with Crippen molar-refractivity contribution in [2.75, 3.05) is 41.4 Å². The van der Waals surface area contributed by atoms with E-state index in [4.69, 9.17) is 0 Å². The average Bonchev–Trinajstić information content (AvgIpc) is 2.76. The Balaban J connectivity index is 1.55. The number of benzene rings is 2. The third kappa shape index (κ3) is 4.97. The van der Waals surface area contributed by atoms with Crippen molar-refractivity contribution in [1.29, 1.82) is 0 Å². The third-order valence-electron chi connectivity index (χ3n) is 5.94. The lowest BCUT2D eigenvalue weighted by Crippen LogP contribution is -2.54. The van der Waals surface area contributed by atoms with Crippen LogP contribution in [0.2, 0.25) is 0 Å². The number of nitrogens with one attached hydrogen (secondary N) is 1. The van der Waals surface area contributed by atoms with Gasteiger partial charge in [-0.2, -0.15) is 0 Å². The van der Waals surface area contributed by atoms with Gasteiger partial charge in [-0.15, -0.1) is 0 Å². The van der Waals surface area contributed by atoms with Crippen molar-refractivity contribution < 1.29 is 18.0 Å². The second-order valence-corrected chi connectivity index (χ2v) is 10.5. The Morgan fingerprint density at radius 1 is 1.03 bits per heavy atom. The van der Waals surface area contributed by atoms with E-state index in [0.29, 0.717) is 31.6 Å². The van der Waals surface area contributed by atoms with Crippen LogP contribution in [0.5, 0.6) is 0 Å². The van der Waals surface area contributed by atoms with E-state index >= 15 is 0 Å². The van der Waals surface area contributed by atoms with Crippen LogP contribution in [0.3, 0.4) is 0 Å². The van der Waals surface area contributed by atoms with Crippen LogP contribution in [0.15, 0.2) is 48.5 Å². The van der Waals surface area contributed by atoms with Crippen molar-refractivity contribution in [1.82, 2.24) is 4.90 Å². The third-order valence-corrected chi connectivity index (χ3v) is 7.55. The summed E-state index contributed by atoms with van der Waals surface area (Å²) in [6.07, 6.45) is 1.25. The number of anilines is 2. The fraction of sp³-hybridized carbons (Fsp3) is 0.391. The van der Waals surface area contributed by atoms with Crippen molar-refractivity contribution in [2.24, 2.45) is 0 Å². The Labute approximate surface area is 183 Å². The second-order valence-electron chi connectivity index (χ2n) is 8.23. The first-order valence-corrected chi connectivity index (χ1v) is 12.3. The molecular weight excluding hydrogens is 414 g/mol. The topological polar surface area (TPSA) is 86.8 Å². The monoisotopic (exact) mass is 441 g/mol. The molecule has 1 unspecified atom stereocenters. The van der Waals surface area contributed by atoms with E-state index in [1.54, 1.807) is 4.90 Å². The van der Waals surface area contributed by atoms with E-state index in [0.717, 1.165) is 16.8 Å². The lowest BCUT2D eigenvalue weighted by Gasteiger charge is -2.38. The first-order chi connectivity index (χ1) is 14.8. The molecule has 1 N–H and O–H groups in total. The number of para-hydroxylation sites is 1. The Morgan fingerprint density at radius 2 is 1.71 bits per heavy atom. The zero-order valence-corrected chi connectivity index (χ0v) is 18.4. The van der Waals surface area contributed by atoms with Crippen LogP contribution in [0.25, 0.3) is 0 Å². The summed E-state index contributed by atoms with van der Waals surface area (Å²) in [4.78, 5) is 30.0. The molecule has 2 aliphatic heterocycles. The summed E-state index contributed by atoms with van der Waals surface area (Å²) in [6.45, 7) is 2.75. The predicted octanol–water partition coefficient (Wildman–Crippen LogP) is 2.01. The normalized spacial score (nSPS) is 20.7. The van der Waals surface area contributed by atoms with Gasteiger partial charge in [0.15, 0.2) is 9.84 Å². The Kier molecular flexibility index (Phi) is 6.11. The van der Waals surface area contributed by atoms with Gasteiger partial charge in [0, 0.05) is 24.5 Å². The maximum absolute atomic E-state index is 13.4. The highest BCUT2D eigenvalue weighted by Gasteiger charge is 2.36. The molecule has 7 nitrogen and oxygen atoms in total. The summed E-state index contributed by atoms with van der Waals surface area (Å²) in [5.41, 5.74) is 3.59. The summed E-state index contributed by atoms with van der Waals surface area (Å²) in [5, 5.41) is 2.94. The number of aryl methyl sites for hydroxylation is 2. The van der Waals surface area contributed by atoms with Gasteiger partial charge in [0.1, 0.15) is 6.04 Å². The van der Waals surface area contributed by atoms with Gasteiger partial charge >= 0.3 is 0 Å². The van der Waals surface area contributed by atoms with Gasteiger partial charge in [-0.05, 0) is 43.5 Å². The van der Waals surface area contributed by atoms with E-state index in [2.05, 4.69) is 5.32 Å². The number of fused-ring (bicyclic) bond motifs is 1. The Bertz CT molecular complexity index is 1070. The minimum absolute atomic E-state index is 0.0637. The summed E-state index contributed by atoms with van der Waals surface area (Å²) in [5.74, 6) is -0.272. The number of hydrogen-bond acceptors (Lipinski definition) is 5. The molecule has 2 aliphatic rings. The van der Waals surface area contributed by atoms with Crippen LogP contribution in [0.1, 0.15) is 17.5 Å². The van der Waals surface area contributed by atoms with Crippen LogP contribution in [-0.2, 0) is 25.8 Å². The summed E-state index contributed by atoms with van der Waals surface area (Å²) < 4.78 is 23.4. The van der Waals surface area contributed by atoms with E-state index in [1.807, 2.05) is 60.4 Å². The van der Waals surface area contributed by atoms with Crippen molar-refractivity contribution in [3.05, 3.63) is 59.7 Å². The number of rotatable bonds is 4. The molecule has 2 aromatic rings. The van der Waals surface area contributed by atoms with Crippen LogP contribution in [0.4, 0.5) is 11.4 Å². The first-order valence-electron chi connectivity index (χ1n) is 10.5. The molecule has 0 aromatic heterocycles. The van der Waals surface area contributed by atoms with Crippen molar-refractivity contribution >= 4 is 33.0 Å². The molecule has 1 atom stereocenters. The minimum Gasteiger partial charge on any atom is -0.324 e. The smallest absolute Gasteiger partial charge is 0.247 e.